The summed E-state index contributed by atoms with van der Waals surface area (Å²) in [6.07, 6.45) is 2.89. The van der Waals surface area contributed by atoms with Crippen LogP contribution in [0.15, 0.2) is 24.3 Å². The molecule has 1 aliphatic carbocycles. The summed E-state index contributed by atoms with van der Waals surface area (Å²) in [6.45, 7) is 0.444. The second kappa shape index (κ2) is 4.75. The van der Waals surface area contributed by atoms with E-state index < -0.39 is 6.17 Å². The minimum absolute atomic E-state index is 0.0819. The van der Waals surface area contributed by atoms with Gasteiger partial charge in [0.05, 0.1) is 0 Å². The Hall–Kier alpha value is -0.890. The fourth-order valence-electron chi connectivity index (χ4n) is 2.53. The van der Waals surface area contributed by atoms with E-state index in [9.17, 15) is 4.39 Å². The summed E-state index contributed by atoms with van der Waals surface area (Å²) in [4.78, 5) is 0. The summed E-state index contributed by atoms with van der Waals surface area (Å²) in [5, 5.41) is 0. The first-order valence-corrected chi connectivity index (χ1v) is 5.75. The second-order valence-electron chi connectivity index (χ2n) is 4.29. The molecule has 1 nitrogen and oxygen atoms in total. The minimum Gasteiger partial charge on any atom is -0.330 e. The molecule has 0 heterocycles. The molecule has 0 aliphatic heterocycles. The zero-order chi connectivity index (χ0) is 10.7. The van der Waals surface area contributed by atoms with Gasteiger partial charge in [0.1, 0.15) is 6.17 Å². The zero-order valence-electron chi connectivity index (χ0n) is 8.95. The fraction of sp³-hybridized carbons (Fsp3) is 0.538. The van der Waals surface area contributed by atoms with E-state index in [4.69, 9.17) is 5.73 Å². The van der Waals surface area contributed by atoms with Crippen LogP contribution in [0.3, 0.4) is 0 Å². The molecule has 0 spiro atoms. The van der Waals surface area contributed by atoms with E-state index in [0.29, 0.717) is 13.0 Å². The van der Waals surface area contributed by atoms with Gasteiger partial charge in [0.2, 0.25) is 0 Å². The molecule has 82 valence electrons. The Bertz CT molecular complexity index is 324. The highest BCUT2D eigenvalue weighted by Crippen LogP contribution is 2.35. The molecule has 0 bridgehead atoms. The second-order valence-corrected chi connectivity index (χ2v) is 4.29. The molecule has 0 saturated carbocycles. The van der Waals surface area contributed by atoms with Crippen LogP contribution in [-0.2, 0) is 6.42 Å². The van der Waals surface area contributed by atoms with Crippen molar-refractivity contribution in [2.24, 2.45) is 5.73 Å². The van der Waals surface area contributed by atoms with Crippen LogP contribution in [0.1, 0.15) is 36.3 Å². The molecule has 1 aliphatic rings. The molecule has 0 fully saturated rings. The van der Waals surface area contributed by atoms with Gasteiger partial charge in [-0.05, 0) is 43.4 Å². The van der Waals surface area contributed by atoms with E-state index in [2.05, 4.69) is 12.1 Å². The summed E-state index contributed by atoms with van der Waals surface area (Å²) in [7, 11) is 0. The number of benzene rings is 1. The number of hydrogen-bond donors (Lipinski definition) is 1. The van der Waals surface area contributed by atoms with Gasteiger partial charge < -0.3 is 5.73 Å². The Balaban J connectivity index is 2.21. The Morgan fingerprint density at radius 1 is 1.40 bits per heavy atom. The Morgan fingerprint density at radius 3 is 3.00 bits per heavy atom. The first-order valence-electron chi connectivity index (χ1n) is 5.75. The number of fused-ring (bicyclic) bond motifs is 1. The van der Waals surface area contributed by atoms with Gasteiger partial charge >= 0.3 is 0 Å². The van der Waals surface area contributed by atoms with Gasteiger partial charge in [-0.2, -0.15) is 0 Å². The van der Waals surface area contributed by atoms with Crippen molar-refractivity contribution in [2.75, 3.05) is 6.54 Å². The standard InChI is InChI=1S/C13H18FN/c14-13(8-9-15)12-7-3-5-10-4-1-2-6-11(10)12/h1-2,4,6,12-13H,3,5,7-9,15H2. The van der Waals surface area contributed by atoms with Crippen LogP contribution in [-0.4, -0.2) is 12.7 Å². The van der Waals surface area contributed by atoms with Crippen LogP contribution >= 0.6 is 0 Å². The van der Waals surface area contributed by atoms with Crippen molar-refractivity contribution >= 4 is 0 Å². The van der Waals surface area contributed by atoms with Crippen LogP contribution < -0.4 is 5.73 Å². The minimum atomic E-state index is -0.767. The van der Waals surface area contributed by atoms with Crippen molar-refractivity contribution in [2.45, 2.75) is 37.8 Å². The average molecular weight is 207 g/mol. The van der Waals surface area contributed by atoms with Crippen molar-refractivity contribution in [1.82, 2.24) is 0 Å². The van der Waals surface area contributed by atoms with E-state index in [1.807, 2.05) is 12.1 Å². The molecule has 2 atom stereocenters. The van der Waals surface area contributed by atoms with Gasteiger partial charge in [0, 0.05) is 5.92 Å². The molecule has 0 saturated heterocycles. The fourth-order valence-corrected chi connectivity index (χ4v) is 2.53. The summed E-state index contributed by atoms with van der Waals surface area (Å²) < 4.78 is 13.9. The predicted octanol–water partition coefficient (Wildman–Crippen LogP) is 2.79. The van der Waals surface area contributed by atoms with Crippen LogP contribution in [0.4, 0.5) is 4.39 Å². The number of hydrogen-bond acceptors (Lipinski definition) is 1. The highest BCUT2D eigenvalue weighted by atomic mass is 19.1. The zero-order valence-corrected chi connectivity index (χ0v) is 8.95. The summed E-state index contributed by atoms with van der Waals surface area (Å²) >= 11 is 0. The molecule has 1 aromatic carbocycles. The van der Waals surface area contributed by atoms with Gasteiger partial charge in [-0.25, -0.2) is 4.39 Å². The van der Waals surface area contributed by atoms with Crippen molar-refractivity contribution in [3.05, 3.63) is 35.4 Å². The normalized spacial score (nSPS) is 22.1. The van der Waals surface area contributed by atoms with Gasteiger partial charge in [-0.3, -0.25) is 0 Å². The van der Waals surface area contributed by atoms with Gasteiger partial charge in [-0.1, -0.05) is 24.3 Å². The molecule has 2 N–H and O–H groups in total. The highest BCUT2D eigenvalue weighted by Gasteiger charge is 2.26. The molecule has 15 heavy (non-hydrogen) atoms. The topological polar surface area (TPSA) is 26.0 Å². The molecule has 0 aromatic heterocycles. The molecule has 0 amide bonds. The third kappa shape index (κ3) is 2.20. The maximum Gasteiger partial charge on any atom is 0.108 e. The molecular weight excluding hydrogens is 189 g/mol. The Morgan fingerprint density at radius 2 is 2.20 bits per heavy atom. The molecule has 2 heteroatoms. The third-order valence-corrected chi connectivity index (χ3v) is 3.29. The molecular formula is C13H18FN. The lowest BCUT2D eigenvalue weighted by atomic mass is 9.79. The maximum absolute atomic E-state index is 13.9. The lowest BCUT2D eigenvalue weighted by molar-refractivity contribution is 0.250. The molecule has 2 rings (SSSR count). The Labute approximate surface area is 90.5 Å². The van der Waals surface area contributed by atoms with Crippen LogP contribution in [0, 0.1) is 0 Å². The number of alkyl halides is 1. The summed E-state index contributed by atoms with van der Waals surface area (Å²) in [6, 6.07) is 8.24. The number of aryl methyl sites for hydroxylation is 1. The molecule has 2 unspecified atom stereocenters. The lowest BCUT2D eigenvalue weighted by Gasteiger charge is -2.27. The summed E-state index contributed by atoms with van der Waals surface area (Å²) in [5.41, 5.74) is 7.96. The predicted molar refractivity (Wildman–Crippen MR) is 60.7 cm³/mol. The average Bonchev–Trinajstić information content (AvgIpc) is 2.28. The highest BCUT2D eigenvalue weighted by molar-refractivity contribution is 5.33. The SMILES string of the molecule is NCCC(F)C1CCCc2ccccc21. The number of nitrogens with two attached hydrogens (primary N) is 1. The van der Waals surface area contributed by atoms with Crippen LogP contribution in [0.5, 0.6) is 0 Å². The van der Waals surface area contributed by atoms with E-state index in [-0.39, 0.29) is 5.92 Å². The quantitative estimate of drug-likeness (QED) is 0.810. The van der Waals surface area contributed by atoms with Crippen molar-refractivity contribution < 1.29 is 4.39 Å². The van der Waals surface area contributed by atoms with E-state index >= 15 is 0 Å². The van der Waals surface area contributed by atoms with Crippen LogP contribution in [0.25, 0.3) is 0 Å². The van der Waals surface area contributed by atoms with Gasteiger partial charge in [0.25, 0.3) is 0 Å². The summed E-state index contributed by atoms with van der Waals surface area (Å²) in [5.74, 6) is 0.0819. The number of rotatable bonds is 3. The monoisotopic (exact) mass is 207 g/mol. The molecule has 1 aromatic rings. The van der Waals surface area contributed by atoms with E-state index in [1.54, 1.807) is 0 Å². The van der Waals surface area contributed by atoms with E-state index in [1.165, 1.54) is 11.1 Å². The maximum atomic E-state index is 13.9. The molecule has 0 radical (unpaired) electrons. The van der Waals surface area contributed by atoms with Crippen LogP contribution in [0.2, 0.25) is 0 Å². The van der Waals surface area contributed by atoms with Crippen molar-refractivity contribution in [3.8, 4) is 0 Å². The smallest absolute Gasteiger partial charge is 0.108 e. The Kier molecular flexibility index (Phi) is 3.37. The van der Waals surface area contributed by atoms with Crippen molar-refractivity contribution in [3.63, 3.8) is 0 Å². The first-order chi connectivity index (χ1) is 7.33. The third-order valence-electron chi connectivity index (χ3n) is 3.29. The van der Waals surface area contributed by atoms with Crippen molar-refractivity contribution in [1.29, 1.82) is 0 Å². The lowest BCUT2D eigenvalue weighted by Crippen LogP contribution is -2.22. The van der Waals surface area contributed by atoms with Gasteiger partial charge in [-0.15, -0.1) is 0 Å². The van der Waals surface area contributed by atoms with Gasteiger partial charge in [0.15, 0.2) is 0 Å². The first kappa shape index (κ1) is 10.6. The van der Waals surface area contributed by atoms with E-state index in [0.717, 1.165) is 19.3 Å². The number of halogens is 1. The largest absolute Gasteiger partial charge is 0.330 e.